The molecule has 6 heteroatoms. The van der Waals surface area contributed by atoms with E-state index in [1.807, 2.05) is 0 Å². The van der Waals surface area contributed by atoms with E-state index in [1.165, 1.54) is 0 Å². The van der Waals surface area contributed by atoms with E-state index in [2.05, 4.69) is 0 Å². The molecular weight excluding hydrogens is 315 g/mol. The molecule has 0 nitrogen and oxygen atoms in total. The molecule has 0 aliphatic heterocycles. The summed E-state index contributed by atoms with van der Waals surface area (Å²) in [5.41, 5.74) is 0. The van der Waals surface area contributed by atoms with Crippen LogP contribution in [0.3, 0.4) is 0 Å². The van der Waals surface area contributed by atoms with Gasteiger partial charge >= 0.3 is 69.2 Å². The first-order chi connectivity index (χ1) is 0. The Morgan fingerprint density at radius 3 is 0.833 bits per heavy atom. The standard InChI is InChI=1S/BrH.ClH.HI.3Mg.6H/h3*1H;;;;;;;;;/q;;;3*+2;6*-1. The Labute approximate surface area is 129 Å². The van der Waals surface area contributed by atoms with Crippen molar-refractivity contribution < 1.29 is 8.56 Å². The maximum absolute atomic E-state index is 0. The normalized spacial score (nSPS) is 0. The van der Waals surface area contributed by atoms with E-state index in [-0.39, 0.29) is 131 Å². The maximum Gasteiger partial charge on any atom is 2.00 e. The Morgan fingerprint density at radius 2 is 0.833 bits per heavy atom. The van der Waals surface area contributed by atoms with Crippen molar-refractivity contribution in [2.45, 2.75) is 0 Å². The molecule has 0 aliphatic rings. The second-order valence-electron chi connectivity index (χ2n) is 0. The van der Waals surface area contributed by atoms with E-state index in [4.69, 9.17) is 0 Å². The van der Waals surface area contributed by atoms with Crippen LogP contribution in [0.5, 0.6) is 0 Å². The average Bonchev–Trinajstić information content (AvgIpc) is 0. The average molecular weight is 324 g/mol. The van der Waals surface area contributed by atoms with Gasteiger partial charge < -0.3 is 8.56 Å². The molecule has 0 heterocycles. The first-order valence-corrected chi connectivity index (χ1v) is 0. The van der Waals surface area contributed by atoms with Gasteiger partial charge in [-0.15, -0.1) is 53.4 Å². The van der Waals surface area contributed by atoms with Gasteiger partial charge in [-0.05, 0) is 0 Å². The topological polar surface area (TPSA) is 0 Å². The third-order valence-electron chi connectivity index (χ3n) is 0. The van der Waals surface area contributed by atoms with Gasteiger partial charge in [-0.1, -0.05) is 0 Å². The molecule has 0 rings (SSSR count). The van der Waals surface area contributed by atoms with Crippen molar-refractivity contribution >= 4 is 123 Å². The second kappa shape index (κ2) is 37.1. The molecule has 0 radical (unpaired) electrons. The third kappa shape index (κ3) is 25.0. The molecule has 0 fully saturated rings. The van der Waals surface area contributed by atoms with Crippen molar-refractivity contribution in [3.63, 3.8) is 0 Å². The van der Waals surface area contributed by atoms with Gasteiger partial charge in [-0.3, -0.25) is 0 Å². The van der Waals surface area contributed by atoms with Crippen LogP contribution in [0.25, 0.3) is 0 Å². The van der Waals surface area contributed by atoms with Crippen LogP contribution < -0.4 is 0 Å². The molecular formula is H9BrClIMg3. The van der Waals surface area contributed by atoms with Gasteiger partial charge in [-0.25, -0.2) is 0 Å². The Morgan fingerprint density at radius 1 is 0.833 bits per heavy atom. The Hall–Kier alpha value is 3.80. The molecule has 0 saturated heterocycles. The monoisotopic (exact) mass is 322 g/mol. The summed E-state index contributed by atoms with van der Waals surface area (Å²) >= 11 is 0. The third-order valence-corrected chi connectivity index (χ3v) is 0. The smallest absolute Gasteiger partial charge is 1.00 e. The van der Waals surface area contributed by atoms with Crippen molar-refractivity contribution in [1.82, 2.24) is 0 Å². The van der Waals surface area contributed by atoms with Crippen LogP contribution in [-0.2, 0) is 0 Å². The Kier molecular flexibility index (Phi) is 325. The van der Waals surface area contributed by atoms with Gasteiger partial charge in [-0.2, -0.15) is 0 Å². The van der Waals surface area contributed by atoms with Gasteiger partial charge in [0.1, 0.15) is 0 Å². The van der Waals surface area contributed by atoms with E-state index >= 15 is 0 Å². The zero-order chi connectivity index (χ0) is 0. The number of hydrogen-bond acceptors (Lipinski definition) is 0. The van der Waals surface area contributed by atoms with E-state index < -0.39 is 0 Å². The van der Waals surface area contributed by atoms with E-state index in [0.717, 1.165) is 0 Å². The quantitative estimate of drug-likeness (QED) is 0.463. The molecule has 0 aromatic carbocycles. The fourth-order valence-corrected chi connectivity index (χ4v) is 0. The number of rotatable bonds is 0. The van der Waals surface area contributed by atoms with Crippen molar-refractivity contribution in [2.75, 3.05) is 0 Å². The second-order valence-corrected chi connectivity index (χ2v) is 0. The van der Waals surface area contributed by atoms with E-state index in [9.17, 15) is 0 Å². The predicted octanol–water partition coefficient (Wildman–Crippen LogP) is 1.15. The van der Waals surface area contributed by atoms with Crippen LogP contribution in [0, 0.1) is 0 Å². The summed E-state index contributed by atoms with van der Waals surface area (Å²) in [4.78, 5) is 0. The zero-order valence-corrected chi connectivity index (χ0v) is 12.4. The van der Waals surface area contributed by atoms with Gasteiger partial charge in [0.15, 0.2) is 0 Å². The van der Waals surface area contributed by atoms with Gasteiger partial charge in [0.2, 0.25) is 0 Å². The molecule has 0 amide bonds. The molecule has 0 aromatic rings. The molecule has 0 unspecified atom stereocenters. The van der Waals surface area contributed by atoms with Gasteiger partial charge in [0, 0.05) is 0 Å². The van der Waals surface area contributed by atoms with Crippen molar-refractivity contribution in [2.24, 2.45) is 0 Å². The Balaban J connectivity index is 0. The maximum atomic E-state index is 0. The van der Waals surface area contributed by atoms with Crippen LogP contribution in [0.4, 0.5) is 0 Å². The first-order valence-electron chi connectivity index (χ1n) is 0. The van der Waals surface area contributed by atoms with Gasteiger partial charge in [0.05, 0.1) is 0 Å². The van der Waals surface area contributed by atoms with E-state index in [0.29, 0.717) is 0 Å². The van der Waals surface area contributed by atoms with Crippen LogP contribution in [0.15, 0.2) is 0 Å². The van der Waals surface area contributed by atoms with Crippen molar-refractivity contribution in [1.29, 1.82) is 0 Å². The summed E-state index contributed by atoms with van der Waals surface area (Å²) < 4.78 is 0. The van der Waals surface area contributed by atoms with Gasteiger partial charge in [0.25, 0.3) is 0 Å². The summed E-state index contributed by atoms with van der Waals surface area (Å²) in [5, 5.41) is 0. The fraction of sp³-hybridized carbons (Fsp3) is 0. The predicted molar refractivity (Wildman–Crippen MR) is 56.9 cm³/mol. The van der Waals surface area contributed by atoms with E-state index in [1.54, 1.807) is 0 Å². The Bertz CT molecular complexity index is 22.8. The summed E-state index contributed by atoms with van der Waals surface area (Å²) in [7, 11) is 0. The van der Waals surface area contributed by atoms with Crippen molar-refractivity contribution in [3.05, 3.63) is 0 Å². The summed E-state index contributed by atoms with van der Waals surface area (Å²) in [5.74, 6) is 0. The minimum atomic E-state index is 0. The molecule has 36 valence electrons. The molecule has 0 aliphatic carbocycles. The van der Waals surface area contributed by atoms with Crippen LogP contribution >= 0.6 is 53.4 Å². The SMILES string of the molecule is Br.Cl.I.[H-].[H-].[H-].[H-].[H-].[H-].[Mg+2].[Mg+2].[Mg+2]. The minimum Gasteiger partial charge on any atom is -1.00 e. The largest absolute Gasteiger partial charge is 2.00 e. The fourth-order valence-electron chi connectivity index (χ4n) is 0. The number of hydrogen-bond donors (Lipinski definition) is 0. The molecule has 0 atom stereocenters. The molecule has 6 heavy (non-hydrogen) atoms. The van der Waals surface area contributed by atoms with Crippen LogP contribution in [0.2, 0.25) is 0 Å². The molecule has 0 N–H and O–H groups in total. The molecule has 0 aromatic heterocycles. The van der Waals surface area contributed by atoms with Crippen LogP contribution in [-0.4, -0.2) is 69.2 Å². The number of halogens is 3. The van der Waals surface area contributed by atoms with Crippen LogP contribution in [0.1, 0.15) is 8.56 Å². The zero-order valence-electron chi connectivity index (χ0n) is 9.35. The summed E-state index contributed by atoms with van der Waals surface area (Å²) in [6.07, 6.45) is 0. The van der Waals surface area contributed by atoms with Crippen molar-refractivity contribution in [3.8, 4) is 0 Å². The summed E-state index contributed by atoms with van der Waals surface area (Å²) in [6, 6.07) is 0. The summed E-state index contributed by atoms with van der Waals surface area (Å²) in [6.45, 7) is 0. The molecule has 0 saturated carbocycles. The minimum absolute atomic E-state index is 0. The molecule has 0 bridgehead atoms. The first kappa shape index (κ1) is 52.6. The molecule has 0 spiro atoms.